The topological polar surface area (TPSA) is 26.0 Å². The van der Waals surface area contributed by atoms with E-state index < -0.39 is 0 Å². The van der Waals surface area contributed by atoms with Crippen LogP contribution < -0.4 is 5.73 Å². The van der Waals surface area contributed by atoms with Crippen LogP contribution in [0, 0.1) is 0 Å². The highest BCUT2D eigenvalue weighted by molar-refractivity contribution is 5.41. The van der Waals surface area contributed by atoms with Crippen molar-refractivity contribution in [2.24, 2.45) is 5.73 Å². The molecule has 1 nitrogen and oxygen atoms in total. The minimum atomic E-state index is 0.234. The zero-order valence-electron chi connectivity index (χ0n) is 10.6. The molecule has 0 saturated carbocycles. The summed E-state index contributed by atoms with van der Waals surface area (Å²) >= 11 is 0. The van der Waals surface area contributed by atoms with Gasteiger partial charge in [-0.1, -0.05) is 32.0 Å². The van der Waals surface area contributed by atoms with Crippen LogP contribution in [0.1, 0.15) is 49.8 Å². The van der Waals surface area contributed by atoms with E-state index in [2.05, 4.69) is 32.0 Å². The van der Waals surface area contributed by atoms with Crippen molar-refractivity contribution < 1.29 is 0 Å². The Labute approximate surface area is 99.0 Å². The number of hydrogen-bond donors (Lipinski definition) is 1. The molecular formula is C15H23N. The van der Waals surface area contributed by atoms with Gasteiger partial charge in [-0.2, -0.15) is 0 Å². The average molecular weight is 217 g/mol. The first kappa shape index (κ1) is 11.7. The minimum Gasteiger partial charge on any atom is -0.330 e. The maximum absolute atomic E-state index is 5.73. The zero-order valence-corrected chi connectivity index (χ0v) is 10.6. The van der Waals surface area contributed by atoms with E-state index in [4.69, 9.17) is 5.73 Å². The summed E-state index contributed by atoms with van der Waals surface area (Å²) in [5, 5.41) is 0. The van der Waals surface area contributed by atoms with Gasteiger partial charge in [0.1, 0.15) is 0 Å². The van der Waals surface area contributed by atoms with Gasteiger partial charge in [-0.3, -0.25) is 0 Å². The van der Waals surface area contributed by atoms with Crippen molar-refractivity contribution in [2.45, 2.75) is 51.4 Å². The number of rotatable bonds is 3. The second-order valence-corrected chi connectivity index (χ2v) is 5.57. The first-order valence-electron chi connectivity index (χ1n) is 6.46. The number of fused-ring (bicyclic) bond motifs is 1. The third-order valence-corrected chi connectivity index (χ3v) is 3.89. The Balaban J connectivity index is 2.40. The maximum atomic E-state index is 5.73. The van der Waals surface area contributed by atoms with Crippen LogP contribution in [0.3, 0.4) is 0 Å². The number of hydrogen-bond acceptors (Lipinski definition) is 1. The molecule has 88 valence electrons. The fourth-order valence-corrected chi connectivity index (χ4v) is 2.91. The Kier molecular flexibility index (Phi) is 3.34. The van der Waals surface area contributed by atoms with E-state index >= 15 is 0 Å². The van der Waals surface area contributed by atoms with Crippen LogP contribution in [-0.2, 0) is 18.3 Å². The largest absolute Gasteiger partial charge is 0.330 e. The molecule has 0 heterocycles. The smallest absolute Gasteiger partial charge is 0.00690 e. The van der Waals surface area contributed by atoms with Gasteiger partial charge in [0.25, 0.3) is 0 Å². The summed E-state index contributed by atoms with van der Waals surface area (Å²) in [6.45, 7) is 5.42. The molecule has 0 amide bonds. The monoisotopic (exact) mass is 217 g/mol. The van der Waals surface area contributed by atoms with Crippen LogP contribution in [0.15, 0.2) is 18.2 Å². The molecule has 0 radical (unpaired) electrons. The maximum Gasteiger partial charge on any atom is -0.00690 e. The van der Waals surface area contributed by atoms with Gasteiger partial charge in [0.2, 0.25) is 0 Å². The Morgan fingerprint density at radius 1 is 1.19 bits per heavy atom. The van der Waals surface area contributed by atoms with Crippen molar-refractivity contribution in [3.05, 3.63) is 34.9 Å². The van der Waals surface area contributed by atoms with Crippen LogP contribution in [-0.4, -0.2) is 6.54 Å². The number of benzene rings is 1. The van der Waals surface area contributed by atoms with Gasteiger partial charge in [-0.15, -0.1) is 0 Å². The van der Waals surface area contributed by atoms with Crippen molar-refractivity contribution in [1.82, 2.24) is 0 Å². The van der Waals surface area contributed by atoms with Crippen LogP contribution in [0.2, 0.25) is 0 Å². The molecule has 1 heteroatoms. The van der Waals surface area contributed by atoms with Crippen molar-refractivity contribution in [3.8, 4) is 0 Å². The quantitative estimate of drug-likeness (QED) is 0.826. The lowest BCUT2D eigenvalue weighted by atomic mass is 9.75. The van der Waals surface area contributed by atoms with E-state index in [-0.39, 0.29) is 5.41 Å². The summed E-state index contributed by atoms with van der Waals surface area (Å²) in [6.07, 6.45) is 6.31. The molecule has 2 N–H and O–H groups in total. The number of nitrogens with two attached hydrogens (primary N) is 1. The predicted octanol–water partition coefficient (Wildman–Crippen LogP) is 3.19. The molecule has 0 spiro atoms. The highest BCUT2D eigenvalue weighted by Crippen LogP contribution is 2.34. The predicted molar refractivity (Wildman–Crippen MR) is 69.8 cm³/mol. The molecule has 0 unspecified atom stereocenters. The molecule has 0 saturated heterocycles. The Bertz CT molecular complexity index is 366. The molecule has 1 aliphatic rings. The van der Waals surface area contributed by atoms with Gasteiger partial charge < -0.3 is 5.73 Å². The molecule has 0 fully saturated rings. The Morgan fingerprint density at radius 3 is 2.69 bits per heavy atom. The summed E-state index contributed by atoms with van der Waals surface area (Å²) < 4.78 is 0. The second-order valence-electron chi connectivity index (χ2n) is 5.57. The molecule has 0 aromatic heterocycles. The summed E-state index contributed by atoms with van der Waals surface area (Å²) in [5.41, 5.74) is 10.7. The first-order valence-corrected chi connectivity index (χ1v) is 6.46. The highest BCUT2D eigenvalue weighted by Gasteiger charge is 2.24. The highest BCUT2D eigenvalue weighted by atomic mass is 14.5. The van der Waals surface area contributed by atoms with Gasteiger partial charge in [0, 0.05) is 0 Å². The van der Waals surface area contributed by atoms with Crippen LogP contribution in [0.4, 0.5) is 0 Å². The van der Waals surface area contributed by atoms with Gasteiger partial charge in [0.15, 0.2) is 0 Å². The molecule has 1 aromatic carbocycles. The van der Waals surface area contributed by atoms with E-state index in [1.807, 2.05) is 0 Å². The van der Waals surface area contributed by atoms with Gasteiger partial charge in [-0.25, -0.2) is 0 Å². The normalized spacial score (nSPS) is 15.9. The third-order valence-electron chi connectivity index (χ3n) is 3.89. The summed E-state index contributed by atoms with van der Waals surface area (Å²) in [5.74, 6) is 0. The number of aryl methyl sites for hydroxylation is 1. The Morgan fingerprint density at radius 2 is 1.94 bits per heavy atom. The van der Waals surface area contributed by atoms with Crippen molar-refractivity contribution in [1.29, 1.82) is 0 Å². The lowest BCUT2D eigenvalue weighted by Crippen LogP contribution is -2.24. The standard InChI is InChI=1S/C15H23N/c1-15(2,10-11-16)14-9-5-7-12-6-3-4-8-13(12)14/h5,7,9H,3-4,6,8,10-11,16H2,1-2H3. The lowest BCUT2D eigenvalue weighted by molar-refractivity contribution is 0.478. The van der Waals surface area contributed by atoms with Crippen molar-refractivity contribution in [2.75, 3.05) is 6.54 Å². The molecule has 1 aliphatic carbocycles. The third kappa shape index (κ3) is 2.15. The van der Waals surface area contributed by atoms with E-state index in [1.54, 1.807) is 11.1 Å². The molecule has 16 heavy (non-hydrogen) atoms. The molecule has 0 aliphatic heterocycles. The second kappa shape index (κ2) is 4.58. The van der Waals surface area contributed by atoms with Gasteiger partial charge in [0.05, 0.1) is 0 Å². The SMILES string of the molecule is CC(C)(CCN)c1cccc2c1CCCC2. The average Bonchev–Trinajstić information content (AvgIpc) is 2.28. The fraction of sp³-hybridized carbons (Fsp3) is 0.600. The molecular weight excluding hydrogens is 194 g/mol. The van der Waals surface area contributed by atoms with Crippen molar-refractivity contribution >= 4 is 0 Å². The van der Waals surface area contributed by atoms with Crippen LogP contribution in [0.25, 0.3) is 0 Å². The molecule has 0 atom stereocenters. The van der Waals surface area contributed by atoms with E-state index in [9.17, 15) is 0 Å². The van der Waals surface area contributed by atoms with Gasteiger partial charge >= 0.3 is 0 Å². The van der Waals surface area contributed by atoms with E-state index in [0.717, 1.165) is 13.0 Å². The minimum absolute atomic E-state index is 0.234. The molecule has 0 bridgehead atoms. The zero-order chi connectivity index (χ0) is 11.6. The van der Waals surface area contributed by atoms with Gasteiger partial charge in [-0.05, 0) is 60.8 Å². The molecule has 1 aromatic rings. The lowest BCUT2D eigenvalue weighted by Gasteiger charge is -2.30. The van der Waals surface area contributed by atoms with Crippen LogP contribution >= 0.6 is 0 Å². The van der Waals surface area contributed by atoms with E-state index in [0.29, 0.717) is 0 Å². The summed E-state index contributed by atoms with van der Waals surface area (Å²) in [6, 6.07) is 6.83. The first-order chi connectivity index (χ1) is 7.65. The molecule has 2 rings (SSSR count). The summed E-state index contributed by atoms with van der Waals surface area (Å²) in [4.78, 5) is 0. The fourth-order valence-electron chi connectivity index (χ4n) is 2.91. The summed E-state index contributed by atoms with van der Waals surface area (Å²) in [7, 11) is 0. The van der Waals surface area contributed by atoms with Crippen molar-refractivity contribution in [3.63, 3.8) is 0 Å². The Hall–Kier alpha value is -0.820. The van der Waals surface area contributed by atoms with E-state index in [1.165, 1.54) is 31.2 Å². The van der Waals surface area contributed by atoms with Crippen LogP contribution in [0.5, 0.6) is 0 Å².